The molecule has 3 aromatic carbocycles. The van der Waals surface area contributed by atoms with Crippen LogP contribution < -0.4 is 15.0 Å². The van der Waals surface area contributed by atoms with Gasteiger partial charge in [0.15, 0.2) is 11.5 Å². The smallest absolute Gasteiger partial charge is 0.282 e. The Morgan fingerprint density at radius 3 is 2.68 bits per heavy atom. The number of halogens is 2. The number of hydrogen-bond acceptors (Lipinski definition) is 5. The monoisotopic (exact) mass is 539 g/mol. The zero-order chi connectivity index (χ0) is 24.1. The molecule has 4 aromatic rings. The third kappa shape index (κ3) is 5.32. The van der Waals surface area contributed by atoms with Crippen molar-refractivity contribution in [2.45, 2.75) is 26.4 Å². The van der Waals surface area contributed by atoms with Gasteiger partial charge in [-0.1, -0.05) is 64.8 Å². The van der Waals surface area contributed by atoms with E-state index in [0.717, 1.165) is 16.5 Å². The number of aromatic nitrogens is 2. The van der Waals surface area contributed by atoms with Crippen molar-refractivity contribution < 1.29 is 9.47 Å². The number of benzene rings is 3. The molecule has 1 aromatic heterocycles. The first-order chi connectivity index (χ1) is 16.5. The lowest BCUT2D eigenvalue weighted by atomic mass is 10.2. The summed E-state index contributed by atoms with van der Waals surface area (Å²) in [5, 5.41) is 5.34. The maximum atomic E-state index is 13.2. The summed E-state index contributed by atoms with van der Waals surface area (Å²) in [6, 6.07) is 18.7. The molecule has 0 bridgehead atoms. The molecule has 0 aliphatic rings. The molecule has 0 spiro atoms. The molecule has 0 saturated carbocycles. The molecular weight excluding hydrogens is 518 g/mol. The summed E-state index contributed by atoms with van der Waals surface area (Å²) < 4.78 is 13.6. The van der Waals surface area contributed by atoms with Crippen molar-refractivity contribution in [2.24, 2.45) is 5.10 Å². The summed E-state index contributed by atoms with van der Waals surface area (Å²) in [6.45, 7) is 2.39. The molecule has 0 amide bonds. The molecule has 0 unspecified atom stereocenters. The minimum Gasteiger partial charge on any atom is -0.493 e. The predicted molar refractivity (Wildman–Crippen MR) is 139 cm³/mol. The summed E-state index contributed by atoms with van der Waals surface area (Å²) >= 11 is 9.94. The van der Waals surface area contributed by atoms with E-state index in [1.807, 2.05) is 49.4 Å². The molecule has 0 N–H and O–H groups in total. The second-order valence-corrected chi connectivity index (χ2v) is 8.93. The van der Waals surface area contributed by atoms with Gasteiger partial charge < -0.3 is 9.47 Å². The standard InChI is InChI=1S/C26H23BrClN3O3/c1-3-7-24-30-22-11-10-19(27)14-20(22)26(32)31(24)29-15-18-12-21(28)25(23(13-18)33-2)34-16-17-8-5-4-6-9-17/h4-6,8-15H,3,7,16H2,1-2H3. The zero-order valence-electron chi connectivity index (χ0n) is 18.8. The van der Waals surface area contributed by atoms with Crippen LogP contribution in [0.1, 0.15) is 30.3 Å². The van der Waals surface area contributed by atoms with E-state index in [1.165, 1.54) is 4.68 Å². The van der Waals surface area contributed by atoms with Crippen LogP contribution in [0.25, 0.3) is 10.9 Å². The Labute approximate surface area is 210 Å². The number of ether oxygens (including phenoxy) is 2. The lowest BCUT2D eigenvalue weighted by molar-refractivity contribution is 0.284. The summed E-state index contributed by atoms with van der Waals surface area (Å²) in [5.41, 5.74) is 2.10. The number of methoxy groups -OCH3 is 1. The Morgan fingerprint density at radius 2 is 1.94 bits per heavy atom. The van der Waals surface area contributed by atoms with E-state index in [4.69, 9.17) is 21.1 Å². The number of nitrogens with zero attached hydrogens (tertiary/aromatic N) is 3. The highest BCUT2D eigenvalue weighted by molar-refractivity contribution is 9.10. The van der Waals surface area contributed by atoms with Gasteiger partial charge in [0, 0.05) is 10.9 Å². The molecule has 1 heterocycles. The van der Waals surface area contributed by atoms with Crippen LogP contribution in [0, 0.1) is 0 Å². The normalized spacial score (nSPS) is 11.3. The molecule has 8 heteroatoms. The third-order valence-electron chi connectivity index (χ3n) is 5.15. The van der Waals surface area contributed by atoms with Gasteiger partial charge in [-0.2, -0.15) is 9.78 Å². The van der Waals surface area contributed by atoms with Crippen molar-refractivity contribution in [3.8, 4) is 11.5 Å². The second-order valence-electron chi connectivity index (χ2n) is 7.61. The van der Waals surface area contributed by atoms with Crippen LogP contribution in [0.2, 0.25) is 5.02 Å². The van der Waals surface area contributed by atoms with Crippen LogP contribution >= 0.6 is 27.5 Å². The maximum Gasteiger partial charge on any atom is 0.282 e. The lowest BCUT2D eigenvalue weighted by Crippen LogP contribution is -2.22. The average Bonchev–Trinajstić information content (AvgIpc) is 2.84. The molecule has 0 aliphatic carbocycles. The Balaban J connectivity index is 1.68. The Hall–Kier alpha value is -3.16. The maximum absolute atomic E-state index is 13.2. The first kappa shape index (κ1) is 24.0. The van der Waals surface area contributed by atoms with E-state index < -0.39 is 0 Å². The highest BCUT2D eigenvalue weighted by Gasteiger charge is 2.13. The van der Waals surface area contributed by atoms with Gasteiger partial charge in [-0.25, -0.2) is 4.98 Å². The fraction of sp³-hybridized carbons (Fsp3) is 0.192. The molecule has 0 aliphatic heterocycles. The van der Waals surface area contributed by atoms with Gasteiger partial charge in [-0.15, -0.1) is 0 Å². The molecule has 0 fully saturated rings. The van der Waals surface area contributed by atoms with E-state index in [2.05, 4.69) is 26.0 Å². The number of hydrogen-bond donors (Lipinski definition) is 0. The van der Waals surface area contributed by atoms with Gasteiger partial charge in [-0.05, 0) is 47.9 Å². The van der Waals surface area contributed by atoms with Crippen LogP contribution in [0.15, 0.2) is 75.0 Å². The Morgan fingerprint density at radius 1 is 1.15 bits per heavy atom. The number of aryl methyl sites for hydroxylation is 1. The highest BCUT2D eigenvalue weighted by atomic mass is 79.9. The Kier molecular flexibility index (Phi) is 7.65. The molecule has 4 rings (SSSR count). The minimum absolute atomic E-state index is 0.230. The first-order valence-electron chi connectivity index (χ1n) is 10.8. The summed E-state index contributed by atoms with van der Waals surface area (Å²) in [6.07, 6.45) is 3.02. The van der Waals surface area contributed by atoms with Gasteiger partial charge in [-0.3, -0.25) is 4.79 Å². The third-order valence-corrected chi connectivity index (χ3v) is 5.92. The van der Waals surface area contributed by atoms with Gasteiger partial charge in [0.05, 0.1) is 29.2 Å². The molecule has 0 radical (unpaired) electrons. The van der Waals surface area contributed by atoms with Crippen molar-refractivity contribution in [2.75, 3.05) is 7.11 Å². The largest absolute Gasteiger partial charge is 0.493 e. The SMILES string of the molecule is CCCc1nc2ccc(Br)cc2c(=O)n1N=Cc1cc(Cl)c(OCc2ccccc2)c(OC)c1. The minimum atomic E-state index is -0.230. The van der Waals surface area contributed by atoms with E-state index >= 15 is 0 Å². The van der Waals surface area contributed by atoms with Gasteiger partial charge in [0.1, 0.15) is 12.4 Å². The van der Waals surface area contributed by atoms with Crippen molar-refractivity contribution in [1.82, 2.24) is 9.66 Å². The fourth-order valence-corrected chi connectivity index (χ4v) is 4.14. The van der Waals surface area contributed by atoms with Crippen LogP contribution in [0.3, 0.4) is 0 Å². The predicted octanol–water partition coefficient (Wildman–Crippen LogP) is 6.23. The van der Waals surface area contributed by atoms with Crippen molar-refractivity contribution in [3.05, 3.63) is 97.5 Å². The van der Waals surface area contributed by atoms with E-state index in [-0.39, 0.29) is 5.56 Å². The molecule has 0 saturated heterocycles. The van der Waals surface area contributed by atoms with Crippen molar-refractivity contribution >= 4 is 44.6 Å². The van der Waals surface area contributed by atoms with Gasteiger partial charge in [0.25, 0.3) is 5.56 Å². The van der Waals surface area contributed by atoms with Crippen molar-refractivity contribution in [1.29, 1.82) is 0 Å². The molecule has 6 nitrogen and oxygen atoms in total. The molecule has 0 atom stereocenters. The quantitative estimate of drug-likeness (QED) is 0.248. The second kappa shape index (κ2) is 10.8. The van der Waals surface area contributed by atoms with Crippen LogP contribution in [0.4, 0.5) is 0 Å². The van der Waals surface area contributed by atoms with Gasteiger partial charge in [0.2, 0.25) is 0 Å². The molecular formula is C26H23BrClN3O3. The molecule has 174 valence electrons. The molecule has 34 heavy (non-hydrogen) atoms. The van der Waals surface area contributed by atoms with Crippen LogP contribution in [-0.2, 0) is 13.0 Å². The fourth-order valence-electron chi connectivity index (χ4n) is 3.51. The number of rotatable bonds is 8. The number of fused-ring (bicyclic) bond motifs is 1. The lowest BCUT2D eigenvalue weighted by Gasteiger charge is -2.13. The first-order valence-corrected chi connectivity index (χ1v) is 12.0. The van der Waals surface area contributed by atoms with E-state index in [1.54, 1.807) is 31.5 Å². The van der Waals surface area contributed by atoms with E-state index in [0.29, 0.717) is 51.8 Å². The van der Waals surface area contributed by atoms with Crippen molar-refractivity contribution in [3.63, 3.8) is 0 Å². The summed E-state index contributed by atoms with van der Waals surface area (Å²) in [4.78, 5) is 17.8. The highest BCUT2D eigenvalue weighted by Crippen LogP contribution is 2.36. The Bertz CT molecular complexity index is 1400. The summed E-state index contributed by atoms with van der Waals surface area (Å²) in [7, 11) is 1.55. The van der Waals surface area contributed by atoms with Crippen LogP contribution in [-0.4, -0.2) is 23.0 Å². The summed E-state index contributed by atoms with van der Waals surface area (Å²) in [5.74, 6) is 1.53. The average molecular weight is 541 g/mol. The zero-order valence-corrected chi connectivity index (χ0v) is 21.1. The van der Waals surface area contributed by atoms with E-state index in [9.17, 15) is 4.79 Å². The van der Waals surface area contributed by atoms with Gasteiger partial charge >= 0.3 is 0 Å². The topological polar surface area (TPSA) is 65.7 Å². The van der Waals surface area contributed by atoms with Crippen LogP contribution in [0.5, 0.6) is 11.5 Å².